The van der Waals surface area contributed by atoms with Gasteiger partial charge in [0.2, 0.25) is 5.91 Å². The van der Waals surface area contributed by atoms with Crippen LogP contribution in [0.25, 0.3) is 11.6 Å². The van der Waals surface area contributed by atoms with E-state index in [1.165, 1.54) is 0 Å². The van der Waals surface area contributed by atoms with Crippen LogP contribution in [0.5, 0.6) is 0 Å². The van der Waals surface area contributed by atoms with Crippen LogP contribution in [0.15, 0.2) is 66.7 Å². The lowest BCUT2D eigenvalue weighted by atomic mass is 9.71. The van der Waals surface area contributed by atoms with Gasteiger partial charge in [0.15, 0.2) is 0 Å². The van der Waals surface area contributed by atoms with Gasteiger partial charge in [0.05, 0.1) is 6.61 Å². The van der Waals surface area contributed by atoms with E-state index >= 15 is 0 Å². The third kappa shape index (κ3) is 3.23. The molecule has 0 saturated heterocycles. The predicted octanol–water partition coefficient (Wildman–Crippen LogP) is 3.94. The first kappa shape index (κ1) is 18.2. The van der Waals surface area contributed by atoms with Gasteiger partial charge < -0.3 is 10.4 Å². The van der Waals surface area contributed by atoms with Crippen molar-refractivity contribution in [2.24, 2.45) is 0 Å². The lowest BCUT2D eigenvalue weighted by Crippen LogP contribution is -2.44. The molecule has 2 aromatic carbocycles. The molecule has 3 heteroatoms. The quantitative estimate of drug-likeness (QED) is 0.745. The summed E-state index contributed by atoms with van der Waals surface area (Å²) in [5.74, 6) is 0.0157. The molecule has 0 spiro atoms. The van der Waals surface area contributed by atoms with Crippen LogP contribution in [-0.4, -0.2) is 24.2 Å². The Kier molecular flexibility index (Phi) is 5.69. The molecule has 1 amide bonds. The number of hydrogen-bond donors (Lipinski definition) is 2. The predicted molar refractivity (Wildman–Crippen MR) is 107 cm³/mol. The van der Waals surface area contributed by atoms with Crippen molar-refractivity contribution < 1.29 is 9.90 Å². The molecule has 3 rings (SSSR count). The Hall–Kier alpha value is -2.65. The largest absolute Gasteiger partial charge is 0.392 e. The molecule has 1 aliphatic rings. The highest BCUT2D eigenvalue weighted by molar-refractivity contribution is 6.10. The second-order valence-corrected chi connectivity index (χ2v) is 6.53. The smallest absolute Gasteiger partial charge is 0.235 e. The summed E-state index contributed by atoms with van der Waals surface area (Å²) in [6, 6.07) is 18.2. The molecular formula is C23H25NO2. The molecule has 0 radical (unpaired) electrons. The Morgan fingerprint density at radius 1 is 1.08 bits per heavy atom. The Labute approximate surface area is 155 Å². The third-order valence-corrected chi connectivity index (χ3v) is 4.88. The van der Waals surface area contributed by atoms with Gasteiger partial charge in [-0.15, -0.1) is 0 Å². The van der Waals surface area contributed by atoms with Crippen LogP contribution in [0, 0.1) is 0 Å². The first-order valence-corrected chi connectivity index (χ1v) is 9.15. The van der Waals surface area contributed by atoms with Crippen molar-refractivity contribution in [2.75, 3.05) is 13.2 Å². The first-order valence-electron chi connectivity index (χ1n) is 9.15. The summed E-state index contributed by atoms with van der Waals surface area (Å²) in [5.41, 5.74) is 3.38. The average Bonchev–Trinajstić information content (AvgIpc) is 3.02. The van der Waals surface area contributed by atoms with Gasteiger partial charge in [-0.05, 0) is 41.2 Å². The van der Waals surface area contributed by atoms with E-state index in [0.717, 1.165) is 28.7 Å². The number of amides is 1. The van der Waals surface area contributed by atoms with E-state index in [-0.39, 0.29) is 12.5 Å². The average molecular weight is 347 g/mol. The molecule has 1 aliphatic carbocycles. The van der Waals surface area contributed by atoms with Gasteiger partial charge in [-0.3, -0.25) is 4.79 Å². The van der Waals surface area contributed by atoms with Gasteiger partial charge >= 0.3 is 0 Å². The molecule has 0 saturated carbocycles. The maximum atomic E-state index is 13.4. The maximum Gasteiger partial charge on any atom is 0.235 e. The van der Waals surface area contributed by atoms with E-state index in [9.17, 15) is 9.90 Å². The zero-order chi connectivity index (χ0) is 18.4. The summed E-state index contributed by atoms with van der Waals surface area (Å²) in [5, 5.41) is 12.3. The Morgan fingerprint density at radius 3 is 2.54 bits per heavy atom. The van der Waals surface area contributed by atoms with Gasteiger partial charge in [0.1, 0.15) is 5.41 Å². The number of aliphatic hydroxyl groups is 1. The molecule has 134 valence electrons. The molecule has 3 nitrogen and oxygen atoms in total. The zero-order valence-corrected chi connectivity index (χ0v) is 15.1. The third-order valence-electron chi connectivity index (χ3n) is 4.88. The number of fused-ring (bicyclic) bond motifs is 1. The maximum absolute atomic E-state index is 13.4. The van der Waals surface area contributed by atoms with Crippen LogP contribution in [0.1, 0.15) is 36.5 Å². The second kappa shape index (κ2) is 8.15. The second-order valence-electron chi connectivity index (χ2n) is 6.53. The number of hydrogen-bond acceptors (Lipinski definition) is 2. The molecule has 0 heterocycles. The minimum absolute atomic E-state index is 0.0157. The number of nitrogens with one attached hydrogen (secondary N) is 1. The molecule has 1 atom stereocenters. The normalized spacial score (nSPS) is 18.6. The SMILES string of the molecule is CCCNC(=O)C1(CC=CCO)C(c2ccccc2)=Cc2ccccc21. The summed E-state index contributed by atoms with van der Waals surface area (Å²) < 4.78 is 0. The fourth-order valence-electron chi connectivity index (χ4n) is 3.66. The molecule has 0 aromatic heterocycles. The van der Waals surface area contributed by atoms with Gasteiger partial charge in [-0.25, -0.2) is 0 Å². The van der Waals surface area contributed by atoms with E-state index in [0.29, 0.717) is 13.0 Å². The fourth-order valence-corrected chi connectivity index (χ4v) is 3.66. The molecule has 0 fully saturated rings. The van der Waals surface area contributed by atoms with Crippen LogP contribution in [0.3, 0.4) is 0 Å². The van der Waals surface area contributed by atoms with E-state index in [2.05, 4.69) is 36.5 Å². The number of allylic oxidation sites excluding steroid dienone is 1. The van der Waals surface area contributed by atoms with Gasteiger partial charge in [0.25, 0.3) is 0 Å². The summed E-state index contributed by atoms with van der Waals surface area (Å²) >= 11 is 0. The van der Waals surface area contributed by atoms with E-state index in [1.807, 2.05) is 42.5 Å². The van der Waals surface area contributed by atoms with E-state index in [4.69, 9.17) is 0 Å². The van der Waals surface area contributed by atoms with Gasteiger partial charge in [-0.1, -0.05) is 73.7 Å². The van der Waals surface area contributed by atoms with Crippen molar-refractivity contribution in [1.82, 2.24) is 5.32 Å². The summed E-state index contributed by atoms with van der Waals surface area (Å²) in [7, 11) is 0. The van der Waals surface area contributed by atoms with Crippen LogP contribution < -0.4 is 5.32 Å². The molecule has 2 aromatic rings. The van der Waals surface area contributed by atoms with Crippen LogP contribution in [0.2, 0.25) is 0 Å². The van der Waals surface area contributed by atoms with E-state index < -0.39 is 5.41 Å². The van der Waals surface area contributed by atoms with Crippen LogP contribution in [-0.2, 0) is 10.2 Å². The minimum Gasteiger partial charge on any atom is -0.392 e. The topological polar surface area (TPSA) is 49.3 Å². The Balaban J connectivity index is 2.17. The first-order chi connectivity index (χ1) is 12.7. The lowest BCUT2D eigenvalue weighted by Gasteiger charge is -2.32. The molecular weight excluding hydrogens is 322 g/mol. The summed E-state index contributed by atoms with van der Waals surface area (Å²) in [6.07, 6.45) is 7.15. The molecule has 2 N–H and O–H groups in total. The van der Waals surface area contributed by atoms with Crippen molar-refractivity contribution in [3.8, 4) is 0 Å². The fraction of sp³-hybridized carbons (Fsp3) is 0.261. The lowest BCUT2D eigenvalue weighted by molar-refractivity contribution is -0.124. The van der Waals surface area contributed by atoms with Gasteiger partial charge in [-0.2, -0.15) is 0 Å². The number of benzene rings is 2. The van der Waals surface area contributed by atoms with E-state index in [1.54, 1.807) is 6.08 Å². The highest BCUT2D eigenvalue weighted by Crippen LogP contribution is 2.49. The standard InChI is InChI=1S/C23H25NO2/c1-2-15-24-22(26)23(14-8-9-16-25)20-13-7-6-12-19(20)17-21(23)18-10-4-3-5-11-18/h3-13,17,25H,2,14-16H2,1H3,(H,24,26). The van der Waals surface area contributed by atoms with Crippen LogP contribution in [0.4, 0.5) is 0 Å². The number of rotatable bonds is 7. The molecule has 0 bridgehead atoms. The van der Waals surface area contributed by atoms with Crippen LogP contribution >= 0.6 is 0 Å². The number of carbonyl (C=O) groups is 1. The summed E-state index contributed by atoms with van der Waals surface area (Å²) in [4.78, 5) is 13.4. The van der Waals surface area contributed by atoms with Crippen molar-refractivity contribution in [2.45, 2.75) is 25.2 Å². The molecule has 1 unspecified atom stereocenters. The van der Waals surface area contributed by atoms with Crippen molar-refractivity contribution in [3.05, 3.63) is 83.4 Å². The monoisotopic (exact) mass is 347 g/mol. The Bertz CT molecular complexity index is 823. The Morgan fingerprint density at radius 2 is 1.81 bits per heavy atom. The summed E-state index contributed by atoms with van der Waals surface area (Å²) in [6.45, 7) is 2.67. The highest BCUT2D eigenvalue weighted by atomic mass is 16.2. The molecule has 26 heavy (non-hydrogen) atoms. The van der Waals surface area contributed by atoms with Crippen molar-refractivity contribution >= 4 is 17.6 Å². The zero-order valence-electron chi connectivity index (χ0n) is 15.1. The van der Waals surface area contributed by atoms with Crippen molar-refractivity contribution in [3.63, 3.8) is 0 Å². The van der Waals surface area contributed by atoms with Gasteiger partial charge in [0, 0.05) is 6.54 Å². The molecule has 0 aliphatic heterocycles. The number of carbonyl (C=O) groups excluding carboxylic acids is 1. The minimum atomic E-state index is -0.779. The van der Waals surface area contributed by atoms with Crippen molar-refractivity contribution in [1.29, 1.82) is 0 Å². The number of aliphatic hydroxyl groups excluding tert-OH is 1. The highest BCUT2D eigenvalue weighted by Gasteiger charge is 2.47.